The van der Waals surface area contributed by atoms with Crippen LogP contribution in [0.2, 0.25) is 0 Å². The number of methoxy groups -OCH3 is 3. The van der Waals surface area contributed by atoms with Crippen molar-refractivity contribution in [2.75, 3.05) is 21.3 Å². The third kappa shape index (κ3) is 6.11. The zero-order chi connectivity index (χ0) is 35.5. The number of rotatable bonds is 10. The van der Waals surface area contributed by atoms with Crippen molar-refractivity contribution in [2.45, 2.75) is 90.1 Å². The lowest BCUT2D eigenvalue weighted by molar-refractivity contribution is -0.199. The summed E-state index contributed by atoms with van der Waals surface area (Å²) < 4.78 is 79.9. The van der Waals surface area contributed by atoms with Crippen molar-refractivity contribution in [3.05, 3.63) is 52.3 Å². The maximum atomic E-state index is 15.5. The van der Waals surface area contributed by atoms with E-state index in [2.05, 4.69) is 19.2 Å². The molecule has 1 amide bonds. The molecule has 6 rings (SSSR count). The summed E-state index contributed by atoms with van der Waals surface area (Å²) in [5.41, 5.74) is 3.79. The van der Waals surface area contributed by atoms with Gasteiger partial charge in [-0.25, -0.2) is 18.0 Å². The molecular weight excluding hydrogens is 632 g/mol. The maximum absolute atomic E-state index is 15.5. The molecule has 0 aromatic heterocycles. The van der Waals surface area contributed by atoms with Gasteiger partial charge in [0.2, 0.25) is 5.91 Å². The second-order valence-corrected chi connectivity index (χ2v) is 14.6. The molecule has 4 fully saturated rings. The van der Waals surface area contributed by atoms with Crippen molar-refractivity contribution < 1.29 is 51.0 Å². The van der Waals surface area contributed by atoms with E-state index in [9.17, 15) is 9.59 Å². The molecule has 1 saturated heterocycles. The van der Waals surface area contributed by atoms with Crippen LogP contribution in [0.15, 0.2) is 18.2 Å². The molecule has 3 N–H and O–H groups in total. The Morgan fingerprint density at radius 3 is 2.29 bits per heavy atom. The van der Waals surface area contributed by atoms with Crippen LogP contribution in [0.5, 0.6) is 17.2 Å². The monoisotopic (exact) mass is 676 g/mol. The minimum atomic E-state index is -1.83. The molecule has 3 saturated carbocycles. The van der Waals surface area contributed by atoms with Crippen LogP contribution in [0.3, 0.4) is 0 Å². The summed E-state index contributed by atoms with van der Waals surface area (Å²) in [7, 11) is 2.64. The smallest absolute Gasteiger partial charge is 0.482 e. The van der Waals surface area contributed by atoms with E-state index in [1.807, 2.05) is 6.92 Å². The van der Waals surface area contributed by atoms with Gasteiger partial charge in [-0.3, -0.25) is 4.79 Å². The van der Waals surface area contributed by atoms with Gasteiger partial charge in [-0.2, -0.15) is 0 Å². The molecular formula is C34H44BF3N2O8. The number of benzene rings is 2. The number of hydrogen-bond donors (Lipinski definition) is 2. The average molecular weight is 677 g/mol. The SMILES string of the molecule is COc1cc(F)c(C(N)C(=O)N[C@@H](Cc2ccc(F)c(C(=O)OC(C)(C)C)c2OC)B2O[C@@H]3C[C@@H]4C[C@@H](C4(C)C)[C@]3(C)O2)c(F)c1OC. The van der Waals surface area contributed by atoms with E-state index in [0.717, 1.165) is 25.0 Å². The first-order valence-electron chi connectivity index (χ1n) is 16.0. The van der Waals surface area contributed by atoms with E-state index in [1.54, 1.807) is 20.8 Å². The lowest BCUT2D eigenvalue weighted by Crippen LogP contribution is -2.65. The lowest BCUT2D eigenvalue weighted by atomic mass is 9.43. The topological polar surface area (TPSA) is 128 Å². The van der Waals surface area contributed by atoms with E-state index >= 15 is 13.2 Å². The van der Waals surface area contributed by atoms with Crippen molar-refractivity contribution in [3.63, 3.8) is 0 Å². The number of carbonyl (C=O) groups is 2. The van der Waals surface area contributed by atoms with Crippen LogP contribution < -0.4 is 25.3 Å². The summed E-state index contributed by atoms with van der Waals surface area (Å²) in [5, 5.41) is 2.77. The van der Waals surface area contributed by atoms with Crippen LogP contribution in [-0.2, 0) is 25.3 Å². The van der Waals surface area contributed by atoms with Crippen LogP contribution in [0, 0.1) is 34.7 Å². The highest BCUT2D eigenvalue weighted by Gasteiger charge is 2.68. The molecule has 4 aliphatic rings. The molecule has 1 heterocycles. The highest BCUT2D eigenvalue weighted by molar-refractivity contribution is 6.48. The highest BCUT2D eigenvalue weighted by atomic mass is 19.1. The Labute approximate surface area is 279 Å². The minimum absolute atomic E-state index is 0.0234. The second-order valence-electron chi connectivity index (χ2n) is 14.6. The number of hydrogen-bond acceptors (Lipinski definition) is 9. The first-order valence-corrected chi connectivity index (χ1v) is 16.0. The van der Waals surface area contributed by atoms with E-state index in [4.69, 9.17) is 34.0 Å². The third-order valence-electron chi connectivity index (χ3n) is 10.3. The number of nitrogens with two attached hydrogens (primary N) is 1. The summed E-state index contributed by atoms with van der Waals surface area (Å²) in [6.45, 7) is 11.4. The van der Waals surface area contributed by atoms with Crippen LogP contribution in [0.4, 0.5) is 13.2 Å². The Kier molecular flexibility index (Phi) is 9.52. The predicted octanol–water partition coefficient (Wildman–Crippen LogP) is 5.08. The first-order chi connectivity index (χ1) is 22.4. The standard InChI is InChI=1S/C34H44BF3N2O8/c1-32(2,3)46-31(42)25-18(36)11-10-16(28(25)44-8)12-23(35-47-22-14-17-13-21(33(17,4)5)34(22,6)48-35)40-30(41)27(39)24-19(37)15-20(43-7)29(45-9)26(24)38/h10-11,15,17,21-23,27H,12-14,39H2,1-9H3,(H,40,41)/t17-,21-,22+,23-,27?,34-/m0/s1. The van der Waals surface area contributed by atoms with Crippen molar-refractivity contribution in [3.8, 4) is 17.2 Å². The van der Waals surface area contributed by atoms with Crippen molar-refractivity contribution in [1.29, 1.82) is 0 Å². The summed E-state index contributed by atoms with van der Waals surface area (Å²) >= 11 is 0. The van der Waals surface area contributed by atoms with Crippen molar-refractivity contribution in [1.82, 2.24) is 5.32 Å². The second kappa shape index (κ2) is 12.8. The normalized spacial score (nSPS) is 25.4. The van der Waals surface area contributed by atoms with E-state index < -0.39 is 76.5 Å². The van der Waals surface area contributed by atoms with Gasteiger partial charge in [0.1, 0.15) is 34.6 Å². The summed E-state index contributed by atoms with van der Waals surface area (Å²) in [5.74, 6) is -6.18. The van der Waals surface area contributed by atoms with Gasteiger partial charge in [-0.15, -0.1) is 0 Å². The zero-order valence-electron chi connectivity index (χ0n) is 28.8. The molecule has 1 aliphatic heterocycles. The third-order valence-corrected chi connectivity index (χ3v) is 10.3. The van der Waals surface area contributed by atoms with Crippen LogP contribution in [0.1, 0.15) is 81.9 Å². The summed E-state index contributed by atoms with van der Waals surface area (Å²) in [6.07, 6.45) is 1.35. The largest absolute Gasteiger partial charge is 0.495 e. The van der Waals surface area contributed by atoms with Crippen molar-refractivity contribution in [2.24, 2.45) is 23.0 Å². The Balaban J connectivity index is 1.51. The Morgan fingerprint density at radius 1 is 1.04 bits per heavy atom. The van der Waals surface area contributed by atoms with Gasteiger partial charge in [-0.05, 0) is 75.8 Å². The van der Waals surface area contributed by atoms with Gasteiger partial charge in [0.15, 0.2) is 17.3 Å². The fraction of sp³-hybridized carbons (Fsp3) is 0.588. The zero-order valence-corrected chi connectivity index (χ0v) is 28.8. The number of ether oxygens (including phenoxy) is 4. The van der Waals surface area contributed by atoms with E-state index in [1.165, 1.54) is 27.4 Å². The first kappa shape index (κ1) is 35.8. The molecule has 1 unspecified atom stereocenters. The average Bonchev–Trinajstić information content (AvgIpc) is 3.37. The predicted molar refractivity (Wildman–Crippen MR) is 170 cm³/mol. The molecule has 14 heteroatoms. The van der Waals surface area contributed by atoms with Crippen LogP contribution in [-0.4, -0.2) is 63.6 Å². The number of nitrogens with one attached hydrogen (secondary N) is 1. The Morgan fingerprint density at radius 2 is 1.71 bits per heavy atom. The number of carbonyl (C=O) groups excluding carboxylic acids is 2. The molecule has 6 atom stereocenters. The molecule has 2 bridgehead atoms. The molecule has 10 nitrogen and oxygen atoms in total. The summed E-state index contributed by atoms with van der Waals surface area (Å²) in [6, 6.07) is 1.57. The molecule has 2 aromatic carbocycles. The molecule has 48 heavy (non-hydrogen) atoms. The number of halogens is 3. The number of amides is 1. The highest BCUT2D eigenvalue weighted by Crippen LogP contribution is 2.65. The van der Waals surface area contributed by atoms with Gasteiger partial charge in [0, 0.05) is 6.07 Å². The quantitative estimate of drug-likeness (QED) is 0.262. The summed E-state index contributed by atoms with van der Waals surface area (Å²) in [4.78, 5) is 26.8. The molecule has 262 valence electrons. The number of esters is 1. The molecule has 3 aliphatic carbocycles. The molecule has 2 aromatic rings. The maximum Gasteiger partial charge on any atom is 0.482 e. The van der Waals surface area contributed by atoms with Gasteiger partial charge in [0.25, 0.3) is 0 Å². The Bertz CT molecular complexity index is 1600. The minimum Gasteiger partial charge on any atom is -0.495 e. The molecule has 0 spiro atoms. The van der Waals surface area contributed by atoms with Gasteiger partial charge >= 0.3 is 13.1 Å². The fourth-order valence-corrected chi connectivity index (χ4v) is 7.66. The van der Waals surface area contributed by atoms with E-state index in [0.29, 0.717) is 11.5 Å². The van der Waals surface area contributed by atoms with Gasteiger partial charge < -0.3 is 39.3 Å². The van der Waals surface area contributed by atoms with Gasteiger partial charge in [0.05, 0.1) is 44.5 Å². The fourth-order valence-electron chi connectivity index (χ4n) is 7.66. The Hall–Kier alpha value is -3.49. The van der Waals surface area contributed by atoms with Gasteiger partial charge in [-0.1, -0.05) is 19.9 Å². The van der Waals surface area contributed by atoms with Crippen molar-refractivity contribution >= 4 is 19.0 Å². The van der Waals surface area contributed by atoms with Crippen LogP contribution in [0.25, 0.3) is 0 Å². The lowest BCUT2D eigenvalue weighted by Gasteiger charge is -2.64. The van der Waals surface area contributed by atoms with Crippen LogP contribution >= 0.6 is 0 Å². The molecule has 0 radical (unpaired) electrons. The van der Waals surface area contributed by atoms with E-state index in [-0.39, 0.29) is 35.4 Å².